The van der Waals surface area contributed by atoms with Gasteiger partial charge in [-0.25, -0.2) is 4.98 Å². The zero-order chi connectivity index (χ0) is 18.1. The van der Waals surface area contributed by atoms with Crippen molar-refractivity contribution in [3.8, 4) is 11.4 Å². The molecule has 0 bridgehead atoms. The maximum Gasteiger partial charge on any atom is 0.254 e. The van der Waals surface area contributed by atoms with Crippen molar-refractivity contribution in [3.63, 3.8) is 0 Å². The molecule has 1 aromatic carbocycles. The van der Waals surface area contributed by atoms with Gasteiger partial charge in [-0.3, -0.25) is 14.4 Å². The Bertz CT molecular complexity index is 907. The molecule has 2 aliphatic rings. The summed E-state index contributed by atoms with van der Waals surface area (Å²) >= 11 is 0. The van der Waals surface area contributed by atoms with E-state index in [9.17, 15) is 14.4 Å². The lowest BCUT2D eigenvalue weighted by atomic mass is 10.0. The Labute approximate surface area is 150 Å². The molecular formula is C19H20N4O3. The molecule has 26 heavy (non-hydrogen) atoms. The van der Waals surface area contributed by atoms with Crippen LogP contribution in [0.5, 0.6) is 0 Å². The summed E-state index contributed by atoms with van der Waals surface area (Å²) < 4.78 is 0. The summed E-state index contributed by atoms with van der Waals surface area (Å²) in [5.41, 5.74) is 2.01. The van der Waals surface area contributed by atoms with Gasteiger partial charge in [0.25, 0.3) is 5.56 Å². The molecule has 1 atom stereocenters. The molecule has 2 amide bonds. The van der Waals surface area contributed by atoms with E-state index < -0.39 is 0 Å². The second-order valence-corrected chi connectivity index (χ2v) is 6.78. The highest BCUT2D eigenvalue weighted by Crippen LogP contribution is 2.20. The minimum Gasteiger partial charge on any atom is -0.353 e. The molecule has 1 fully saturated rings. The first-order chi connectivity index (χ1) is 12.6. The molecule has 3 heterocycles. The molecule has 0 radical (unpaired) electrons. The fourth-order valence-electron chi connectivity index (χ4n) is 3.56. The third-order valence-corrected chi connectivity index (χ3v) is 4.98. The number of fused-ring (bicyclic) bond motifs is 1. The predicted octanol–water partition coefficient (Wildman–Crippen LogP) is 0.990. The van der Waals surface area contributed by atoms with Crippen LogP contribution in [-0.2, 0) is 22.6 Å². The number of H-pyrrole nitrogens is 1. The monoisotopic (exact) mass is 352 g/mol. The largest absolute Gasteiger partial charge is 0.353 e. The molecule has 7 heteroatoms. The Hall–Kier alpha value is -2.96. The smallest absolute Gasteiger partial charge is 0.254 e. The number of nitrogens with zero attached hydrogens (tertiary/aromatic N) is 2. The van der Waals surface area contributed by atoms with Crippen LogP contribution in [0.2, 0.25) is 0 Å². The van der Waals surface area contributed by atoms with Gasteiger partial charge in [-0.2, -0.15) is 0 Å². The second kappa shape index (κ2) is 6.74. The molecular weight excluding hydrogens is 332 g/mol. The highest BCUT2D eigenvalue weighted by molar-refractivity contribution is 5.82. The Morgan fingerprint density at radius 1 is 1.19 bits per heavy atom. The fourth-order valence-corrected chi connectivity index (χ4v) is 3.56. The van der Waals surface area contributed by atoms with Gasteiger partial charge in [-0.15, -0.1) is 0 Å². The number of carbonyl (C=O) groups excluding carboxylic acids is 2. The lowest BCUT2D eigenvalue weighted by molar-refractivity contribution is -0.132. The zero-order valence-electron chi connectivity index (χ0n) is 14.3. The number of hydrogen-bond donors (Lipinski definition) is 2. The molecule has 2 aromatic rings. The van der Waals surface area contributed by atoms with Gasteiger partial charge in [0, 0.05) is 36.6 Å². The molecule has 2 aliphatic heterocycles. The predicted molar refractivity (Wildman–Crippen MR) is 95.2 cm³/mol. The maximum atomic E-state index is 12.6. The summed E-state index contributed by atoms with van der Waals surface area (Å²) in [4.78, 5) is 45.4. The van der Waals surface area contributed by atoms with E-state index in [1.807, 2.05) is 30.3 Å². The number of rotatable bonds is 3. The minimum absolute atomic E-state index is 0.00694. The number of aromatic nitrogens is 2. The molecule has 1 unspecified atom stereocenters. The number of carbonyl (C=O) groups is 2. The normalized spacial score (nSPS) is 19.2. The van der Waals surface area contributed by atoms with Gasteiger partial charge < -0.3 is 15.2 Å². The van der Waals surface area contributed by atoms with Crippen molar-refractivity contribution < 1.29 is 9.59 Å². The summed E-state index contributed by atoms with van der Waals surface area (Å²) in [7, 11) is 0. The van der Waals surface area contributed by atoms with Crippen molar-refractivity contribution in [2.24, 2.45) is 0 Å². The van der Waals surface area contributed by atoms with Crippen LogP contribution < -0.4 is 10.9 Å². The van der Waals surface area contributed by atoms with E-state index >= 15 is 0 Å². The molecule has 7 nitrogen and oxygen atoms in total. The molecule has 134 valence electrons. The Morgan fingerprint density at radius 2 is 2.00 bits per heavy atom. The maximum absolute atomic E-state index is 12.6. The Balaban J connectivity index is 1.54. The molecule has 1 saturated heterocycles. The van der Waals surface area contributed by atoms with E-state index in [-0.39, 0.29) is 23.4 Å². The van der Waals surface area contributed by atoms with E-state index in [0.717, 1.165) is 5.56 Å². The van der Waals surface area contributed by atoms with Crippen LogP contribution in [0.15, 0.2) is 35.1 Å². The molecule has 0 aliphatic carbocycles. The quantitative estimate of drug-likeness (QED) is 0.861. The number of aromatic amines is 1. The van der Waals surface area contributed by atoms with Crippen molar-refractivity contribution >= 4 is 11.8 Å². The van der Waals surface area contributed by atoms with Crippen molar-refractivity contribution in [1.29, 1.82) is 0 Å². The third-order valence-electron chi connectivity index (χ3n) is 4.98. The average molecular weight is 352 g/mol. The van der Waals surface area contributed by atoms with Crippen LogP contribution in [0.1, 0.15) is 30.5 Å². The number of benzene rings is 1. The summed E-state index contributed by atoms with van der Waals surface area (Å²) in [6.07, 6.45) is 1.98. The van der Waals surface area contributed by atoms with Crippen molar-refractivity contribution in [2.45, 2.75) is 38.3 Å². The SMILES string of the molecule is O=C1CCC(CC(=O)N2CCc3c(nc(-c4ccccc4)[nH]c3=O)C2)N1. The van der Waals surface area contributed by atoms with Gasteiger partial charge in [0.2, 0.25) is 11.8 Å². The van der Waals surface area contributed by atoms with E-state index in [1.165, 1.54) is 0 Å². The third kappa shape index (κ3) is 3.24. The first-order valence-corrected chi connectivity index (χ1v) is 8.85. The first kappa shape index (κ1) is 16.5. The molecule has 4 rings (SSSR count). The van der Waals surface area contributed by atoms with E-state index in [1.54, 1.807) is 4.90 Å². The lowest BCUT2D eigenvalue weighted by Crippen LogP contribution is -2.41. The molecule has 2 N–H and O–H groups in total. The van der Waals surface area contributed by atoms with Crippen LogP contribution in [0.4, 0.5) is 0 Å². The van der Waals surface area contributed by atoms with Gasteiger partial charge in [0.05, 0.1) is 12.2 Å². The topological polar surface area (TPSA) is 95.2 Å². The van der Waals surface area contributed by atoms with Crippen LogP contribution in [0.3, 0.4) is 0 Å². The number of hydrogen-bond acceptors (Lipinski definition) is 4. The van der Waals surface area contributed by atoms with Crippen molar-refractivity contribution in [2.75, 3.05) is 6.54 Å². The lowest BCUT2D eigenvalue weighted by Gasteiger charge is -2.28. The highest BCUT2D eigenvalue weighted by atomic mass is 16.2. The summed E-state index contributed by atoms with van der Waals surface area (Å²) in [6.45, 7) is 0.834. The minimum atomic E-state index is -0.135. The second-order valence-electron chi connectivity index (χ2n) is 6.78. The fraction of sp³-hybridized carbons (Fsp3) is 0.368. The number of nitrogens with one attached hydrogen (secondary N) is 2. The molecule has 0 spiro atoms. The van der Waals surface area contributed by atoms with E-state index in [4.69, 9.17) is 0 Å². The summed E-state index contributed by atoms with van der Waals surface area (Å²) in [5.74, 6) is 0.519. The molecule has 1 aromatic heterocycles. The number of amides is 2. The summed E-state index contributed by atoms with van der Waals surface area (Å²) in [6, 6.07) is 9.38. The van der Waals surface area contributed by atoms with Crippen LogP contribution in [0, 0.1) is 0 Å². The Morgan fingerprint density at radius 3 is 2.73 bits per heavy atom. The van der Waals surface area contributed by atoms with Crippen LogP contribution in [0.25, 0.3) is 11.4 Å². The van der Waals surface area contributed by atoms with E-state index in [0.29, 0.717) is 55.9 Å². The summed E-state index contributed by atoms with van der Waals surface area (Å²) in [5, 5.41) is 2.83. The van der Waals surface area contributed by atoms with Crippen molar-refractivity contribution in [3.05, 3.63) is 51.9 Å². The van der Waals surface area contributed by atoms with Gasteiger partial charge in [-0.1, -0.05) is 30.3 Å². The van der Waals surface area contributed by atoms with Gasteiger partial charge in [0.15, 0.2) is 0 Å². The first-order valence-electron chi connectivity index (χ1n) is 8.85. The standard InChI is InChI=1S/C19H20N4O3/c24-16-7-6-13(20-16)10-17(25)23-9-8-14-15(11-23)21-18(22-19(14)26)12-4-2-1-3-5-12/h1-5,13H,6-11H2,(H,20,24)(H,21,22,26). The van der Waals surface area contributed by atoms with Crippen LogP contribution >= 0.6 is 0 Å². The van der Waals surface area contributed by atoms with E-state index in [2.05, 4.69) is 15.3 Å². The van der Waals surface area contributed by atoms with Gasteiger partial charge in [0.1, 0.15) is 5.82 Å². The van der Waals surface area contributed by atoms with Gasteiger partial charge >= 0.3 is 0 Å². The average Bonchev–Trinajstić information content (AvgIpc) is 3.06. The molecule has 0 saturated carbocycles. The van der Waals surface area contributed by atoms with Gasteiger partial charge in [-0.05, 0) is 12.8 Å². The highest BCUT2D eigenvalue weighted by Gasteiger charge is 2.28. The van der Waals surface area contributed by atoms with Crippen LogP contribution in [-0.4, -0.2) is 39.3 Å². The Kier molecular flexibility index (Phi) is 4.28. The van der Waals surface area contributed by atoms with Crippen molar-refractivity contribution in [1.82, 2.24) is 20.2 Å². The zero-order valence-corrected chi connectivity index (χ0v) is 14.3.